The van der Waals surface area contributed by atoms with Crippen LogP contribution in [0.1, 0.15) is 49.3 Å². The van der Waals surface area contributed by atoms with Crippen molar-refractivity contribution in [1.82, 2.24) is 0 Å². The molecule has 0 fully saturated rings. The van der Waals surface area contributed by atoms with Gasteiger partial charge in [0.1, 0.15) is 0 Å². The van der Waals surface area contributed by atoms with Crippen molar-refractivity contribution in [2.75, 3.05) is 5.73 Å². The molecule has 0 bridgehead atoms. The highest BCUT2D eigenvalue weighted by Gasteiger charge is 2.13. The van der Waals surface area contributed by atoms with Crippen LogP contribution in [0.2, 0.25) is 0 Å². The summed E-state index contributed by atoms with van der Waals surface area (Å²) in [6, 6.07) is 46.7. The van der Waals surface area contributed by atoms with Gasteiger partial charge >= 0.3 is 0 Å². The van der Waals surface area contributed by atoms with Crippen LogP contribution in [0, 0.1) is 0 Å². The molecule has 2 heteroatoms. The zero-order valence-electron chi connectivity index (χ0n) is 23.3. The van der Waals surface area contributed by atoms with E-state index in [1.165, 1.54) is 16.7 Å². The van der Waals surface area contributed by atoms with Crippen molar-refractivity contribution in [2.45, 2.75) is 32.6 Å². The molecule has 0 radical (unpaired) electrons. The van der Waals surface area contributed by atoms with Gasteiger partial charge in [-0.15, -0.1) is 0 Å². The smallest absolute Gasteiger partial charge is 0.0671 e. The van der Waals surface area contributed by atoms with Crippen LogP contribution in [0.5, 0.6) is 0 Å². The summed E-state index contributed by atoms with van der Waals surface area (Å²) < 4.78 is 0. The molecular formula is C38H36N2. The van der Waals surface area contributed by atoms with Crippen LogP contribution in [-0.2, 0) is 0 Å². The first-order chi connectivity index (χ1) is 19.6. The van der Waals surface area contributed by atoms with E-state index in [4.69, 9.17) is 10.7 Å². The molecule has 0 aromatic heterocycles. The minimum atomic E-state index is 0.258. The van der Waals surface area contributed by atoms with Gasteiger partial charge in [0.15, 0.2) is 0 Å². The van der Waals surface area contributed by atoms with Crippen molar-refractivity contribution in [3.8, 4) is 22.3 Å². The standard InChI is InChI=1S/C38H36N2/c1-3-10-36(34-17-15-31(16-18-34)30-13-8-5-9-14-30)27-38(40-28(2)29-11-6-4-7-12-29)35-21-19-32(20-22-35)33-23-25-37(39)26-24-33/h4-9,11-27,36H,3,10,39H2,1-2H3/b38-27-,40-28?. The number of benzene rings is 5. The van der Waals surface area contributed by atoms with Crippen LogP contribution in [-0.4, -0.2) is 5.71 Å². The van der Waals surface area contributed by atoms with E-state index in [0.29, 0.717) is 0 Å². The molecule has 0 aliphatic rings. The van der Waals surface area contributed by atoms with Gasteiger partial charge in [-0.1, -0.05) is 141 Å². The van der Waals surface area contributed by atoms with E-state index in [2.05, 4.69) is 135 Å². The fourth-order valence-electron chi connectivity index (χ4n) is 5.03. The van der Waals surface area contributed by atoms with Crippen molar-refractivity contribution in [3.63, 3.8) is 0 Å². The molecule has 0 saturated heterocycles. The fraction of sp³-hybridized carbons (Fsp3) is 0.132. The predicted molar refractivity (Wildman–Crippen MR) is 172 cm³/mol. The highest BCUT2D eigenvalue weighted by Crippen LogP contribution is 2.31. The molecule has 0 aliphatic heterocycles. The van der Waals surface area contributed by atoms with Gasteiger partial charge in [0, 0.05) is 17.3 Å². The van der Waals surface area contributed by atoms with Gasteiger partial charge in [0.25, 0.3) is 0 Å². The van der Waals surface area contributed by atoms with Crippen molar-refractivity contribution < 1.29 is 0 Å². The lowest BCUT2D eigenvalue weighted by molar-refractivity contribution is 0.718. The maximum atomic E-state index is 5.90. The average Bonchev–Trinajstić information content (AvgIpc) is 3.02. The zero-order chi connectivity index (χ0) is 27.7. The van der Waals surface area contributed by atoms with Crippen molar-refractivity contribution >= 4 is 17.1 Å². The monoisotopic (exact) mass is 520 g/mol. The maximum absolute atomic E-state index is 5.90. The number of anilines is 1. The molecule has 2 N–H and O–H groups in total. The number of nitrogens with two attached hydrogens (primary N) is 1. The summed E-state index contributed by atoms with van der Waals surface area (Å²) in [5, 5.41) is 0. The van der Waals surface area contributed by atoms with E-state index < -0.39 is 0 Å². The molecule has 5 aromatic rings. The number of hydrogen-bond donors (Lipinski definition) is 1. The first-order valence-electron chi connectivity index (χ1n) is 14.0. The second kappa shape index (κ2) is 12.9. The molecule has 0 heterocycles. The Hall–Kier alpha value is -4.69. The lowest BCUT2D eigenvalue weighted by Crippen LogP contribution is -1.99. The van der Waals surface area contributed by atoms with E-state index >= 15 is 0 Å². The van der Waals surface area contributed by atoms with Gasteiger partial charge in [-0.25, -0.2) is 0 Å². The van der Waals surface area contributed by atoms with Crippen LogP contribution in [0.4, 0.5) is 5.69 Å². The molecule has 5 rings (SSSR count). The van der Waals surface area contributed by atoms with Gasteiger partial charge in [0.2, 0.25) is 0 Å². The van der Waals surface area contributed by atoms with Crippen LogP contribution in [0.25, 0.3) is 28.0 Å². The van der Waals surface area contributed by atoms with E-state index in [1.54, 1.807) is 0 Å². The second-order valence-electron chi connectivity index (χ2n) is 10.2. The summed E-state index contributed by atoms with van der Waals surface area (Å²) in [5.41, 5.74) is 17.0. The summed E-state index contributed by atoms with van der Waals surface area (Å²) in [6.07, 6.45) is 4.50. The zero-order valence-corrected chi connectivity index (χ0v) is 23.3. The van der Waals surface area contributed by atoms with Crippen molar-refractivity contribution in [2.24, 2.45) is 4.99 Å². The second-order valence-corrected chi connectivity index (χ2v) is 10.2. The molecule has 1 unspecified atom stereocenters. The predicted octanol–water partition coefficient (Wildman–Crippen LogP) is 10.0. The third-order valence-corrected chi connectivity index (χ3v) is 7.31. The number of aliphatic imine (C=N–C) groups is 1. The summed E-state index contributed by atoms with van der Waals surface area (Å²) >= 11 is 0. The first kappa shape index (κ1) is 26.9. The number of nitrogen functional groups attached to an aromatic ring is 1. The van der Waals surface area contributed by atoms with Crippen LogP contribution in [0.15, 0.2) is 145 Å². The summed E-state index contributed by atoms with van der Waals surface area (Å²) in [5.74, 6) is 0.258. The third-order valence-electron chi connectivity index (χ3n) is 7.31. The SMILES string of the molecule is CCCC(/C=C(\N=C(C)c1ccccc1)c1ccc(-c2ccc(N)cc2)cc1)c1ccc(-c2ccccc2)cc1. The molecule has 198 valence electrons. The van der Waals surface area contributed by atoms with Gasteiger partial charge in [-0.05, 0) is 64.4 Å². The minimum absolute atomic E-state index is 0.258. The molecule has 0 saturated carbocycles. The van der Waals surface area contributed by atoms with E-state index in [9.17, 15) is 0 Å². The maximum Gasteiger partial charge on any atom is 0.0671 e. The molecule has 0 amide bonds. The quantitative estimate of drug-likeness (QED) is 0.152. The number of allylic oxidation sites excluding steroid dienone is 1. The summed E-state index contributed by atoms with van der Waals surface area (Å²) in [6.45, 7) is 4.34. The van der Waals surface area contributed by atoms with Crippen molar-refractivity contribution in [1.29, 1.82) is 0 Å². The van der Waals surface area contributed by atoms with Gasteiger partial charge in [-0.2, -0.15) is 0 Å². The largest absolute Gasteiger partial charge is 0.399 e. The number of rotatable bonds is 9. The minimum Gasteiger partial charge on any atom is -0.399 e. The van der Waals surface area contributed by atoms with Crippen molar-refractivity contribution in [3.05, 3.63) is 156 Å². The Morgan fingerprint density at radius 1 is 0.625 bits per heavy atom. The average molecular weight is 521 g/mol. The summed E-state index contributed by atoms with van der Waals surface area (Å²) in [7, 11) is 0. The normalized spacial score (nSPS) is 12.8. The molecule has 40 heavy (non-hydrogen) atoms. The Morgan fingerprint density at radius 3 is 1.70 bits per heavy atom. The third kappa shape index (κ3) is 6.65. The number of hydrogen-bond acceptors (Lipinski definition) is 2. The topological polar surface area (TPSA) is 38.4 Å². The van der Waals surface area contributed by atoms with Gasteiger partial charge in [0.05, 0.1) is 5.70 Å². The highest BCUT2D eigenvalue weighted by molar-refractivity contribution is 6.01. The molecular weight excluding hydrogens is 484 g/mol. The van der Waals surface area contributed by atoms with Crippen LogP contribution < -0.4 is 5.73 Å². The lowest BCUT2D eigenvalue weighted by Gasteiger charge is -2.16. The Kier molecular flexibility index (Phi) is 8.68. The van der Waals surface area contributed by atoms with E-state index in [1.807, 2.05) is 18.2 Å². The highest BCUT2D eigenvalue weighted by atomic mass is 14.8. The molecule has 2 nitrogen and oxygen atoms in total. The molecule has 5 aromatic carbocycles. The Balaban J connectivity index is 1.53. The molecule has 0 aliphatic carbocycles. The summed E-state index contributed by atoms with van der Waals surface area (Å²) in [4.78, 5) is 5.20. The van der Waals surface area contributed by atoms with Gasteiger partial charge in [-0.3, -0.25) is 4.99 Å². The van der Waals surface area contributed by atoms with Crippen LogP contribution >= 0.6 is 0 Å². The fourth-order valence-corrected chi connectivity index (χ4v) is 5.03. The van der Waals surface area contributed by atoms with Crippen LogP contribution in [0.3, 0.4) is 0 Å². The Labute approximate surface area is 238 Å². The molecule has 0 spiro atoms. The van der Waals surface area contributed by atoms with E-state index in [-0.39, 0.29) is 5.92 Å². The Morgan fingerprint density at radius 2 is 1.12 bits per heavy atom. The Bertz CT molecular complexity index is 1560. The van der Waals surface area contributed by atoms with Gasteiger partial charge < -0.3 is 5.73 Å². The molecule has 1 atom stereocenters. The van der Waals surface area contributed by atoms with E-state index in [0.717, 1.165) is 52.2 Å². The number of nitrogens with zero attached hydrogens (tertiary/aromatic N) is 1. The first-order valence-corrected chi connectivity index (χ1v) is 14.0. The lowest BCUT2D eigenvalue weighted by atomic mass is 9.90.